The zero-order valence-electron chi connectivity index (χ0n) is 12.8. The first-order chi connectivity index (χ1) is 11.0. The van der Waals surface area contributed by atoms with Crippen molar-refractivity contribution in [3.63, 3.8) is 0 Å². The van der Waals surface area contributed by atoms with Gasteiger partial charge in [-0.05, 0) is 29.5 Å². The number of hydrogen-bond donors (Lipinski definition) is 0. The maximum Gasteiger partial charge on any atom is 0.416 e. The minimum absolute atomic E-state index is 0.00293. The zero-order valence-corrected chi connectivity index (χ0v) is 14.3. The highest BCUT2D eigenvalue weighted by Gasteiger charge is 2.61. The first-order valence-electron chi connectivity index (χ1n) is 7.00. The Balaban J connectivity index is 2.13. The molecule has 2 atom stereocenters. The van der Waals surface area contributed by atoms with Gasteiger partial charge in [0.2, 0.25) is 0 Å². The van der Waals surface area contributed by atoms with E-state index in [0.29, 0.717) is 0 Å². The first-order valence-corrected chi connectivity index (χ1v) is 7.76. The SMILES string of the molecule is CC1(C)[C@H](C(=O)OCc2c(F)cccc2C(F)(F)F)[C@@H]1C=C(Cl)Cl. The highest BCUT2D eigenvalue weighted by atomic mass is 35.5. The topological polar surface area (TPSA) is 26.3 Å². The van der Waals surface area contributed by atoms with Gasteiger partial charge in [0.15, 0.2) is 0 Å². The number of allylic oxidation sites excluding steroid dienone is 1. The molecule has 0 N–H and O–H groups in total. The molecule has 0 saturated heterocycles. The third-order valence-corrected chi connectivity index (χ3v) is 4.51. The molecule has 0 unspecified atom stereocenters. The van der Waals surface area contributed by atoms with Crippen LogP contribution in [0.5, 0.6) is 0 Å². The van der Waals surface area contributed by atoms with Crippen molar-refractivity contribution in [3.8, 4) is 0 Å². The predicted molar refractivity (Wildman–Crippen MR) is 81.7 cm³/mol. The van der Waals surface area contributed by atoms with E-state index in [0.717, 1.165) is 18.2 Å². The number of ether oxygens (including phenoxy) is 1. The normalized spacial score (nSPS) is 22.0. The van der Waals surface area contributed by atoms with Gasteiger partial charge >= 0.3 is 12.1 Å². The maximum absolute atomic E-state index is 13.7. The molecular formula is C16H14Cl2F4O2. The van der Waals surface area contributed by atoms with E-state index in [2.05, 4.69) is 0 Å². The molecule has 0 amide bonds. The lowest BCUT2D eigenvalue weighted by molar-refractivity contribution is -0.150. The van der Waals surface area contributed by atoms with E-state index < -0.39 is 47.0 Å². The summed E-state index contributed by atoms with van der Waals surface area (Å²) in [4.78, 5) is 12.1. The van der Waals surface area contributed by atoms with Crippen molar-refractivity contribution in [3.05, 3.63) is 45.7 Å². The minimum atomic E-state index is -4.74. The fourth-order valence-corrected chi connectivity index (χ4v) is 3.05. The summed E-state index contributed by atoms with van der Waals surface area (Å²) in [7, 11) is 0. The van der Waals surface area contributed by atoms with E-state index >= 15 is 0 Å². The van der Waals surface area contributed by atoms with Crippen molar-refractivity contribution in [2.75, 3.05) is 0 Å². The number of carbonyl (C=O) groups excluding carboxylic acids is 1. The molecule has 1 fully saturated rings. The van der Waals surface area contributed by atoms with Crippen molar-refractivity contribution in [2.24, 2.45) is 17.3 Å². The molecule has 0 radical (unpaired) electrons. The van der Waals surface area contributed by atoms with Crippen LogP contribution in [0.25, 0.3) is 0 Å². The number of alkyl halides is 3. The Morgan fingerprint density at radius 3 is 2.50 bits per heavy atom. The molecule has 1 aliphatic rings. The number of esters is 1. The van der Waals surface area contributed by atoms with Gasteiger partial charge in [-0.3, -0.25) is 4.79 Å². The van der Waals surface area contributed by atoms with Crippen molar-refractivity contribution in [1.29, 1.82) is 0 Å². The second kappa shape index (κ2) is 6.56. The van der Waals surface area contributed by atoms with Crippen LogP contribution in [0.1, 0.15) is 25.0 Å². The van der Waals surface area contributed by atoms with E-state index in [1.54, 1.807) is 13.8 Å². The number of carbonyl (C=O) groups is 1. The van der Waals surface area contributed by atoms with Crippen molar-refractivity contribution < 1.29 is 27.1 Å². The van der Waals surface area contributed by atoms with E-state index in [9.17, 15) is 22.4 Å². The average Bonchev–Trinajstić information content (AvgIpc) is 2.96. The van der Waals surface area contributed by atoms with Crippen LogP contribution in [-0.4, -0.2) is 5.97 Å². The quantitative estimate of drug-likeness (QED) is 0.507. The molecule has 0 aliphatic heterocycles. The predicted octanol–water partition coefficient (Wildman–Crippen LogP) is 5.48. The lowest BCUT2D eigenvalue weighted by Gasteiger charge is -2.14. The molecule has 2 nitrogen and oxygen atoms in total. The smallest absolute Gasteiger partial charge is 0.416 e. The number of halogens is 6. The van der Waals surface area contributed by atoms with Gasteiger partial charge in [-0.1, -0.05) is 43.1 Å². The van der Waals surface area contributed by atoms with Crippen LogP contribution in [0.15, 0.2) is 28.8 Å². The number of rotatable bonds is 4. The van der Waals surface area contributed by atoms with E-state index in [1.807, 2.05) is 0 Å². The summed E-state index contributed by atoms with van der Waals surface area (Å²) in [5.41, 5.74) is -2.33. The maximum atomic E-state index is 13.7. The van der Waals surface area contributed by atoms with Crippen LogP contribution in [-0.2, 0) is 22.3 Å². The van der Waals surface area contributed by atoms with E-state index in [4.69, 9.17) is 27.9 Å². The standard InChI is InChI=1S/C16H14Cl2F4O2/c1-15(2)10(6-12(17)18)13(15)14(23)24-7-8-9(16(20,21)22)4-3-5-11(8)19/h3-6,10,13H,7H2,1-2H3/t10-,13-/m0/s1. The molecule has 8 heteroatoms. The molecule has 1 aliphatic carbocycles. The van der Waals surface area contributed by atoms with Gasteiger partial charge in [0.05, 0.1) is 11.5 Å². The van der Waals surface area contributed by atoms with Crippen molar-refractivity contribution >= 4 is 29.2 Å². The summed E-state index contributed by atoms with van der Waals surface area (Å²) in [6, 6.07) is 2.58. The Hall–Kier alpha value is -1.27. The Kier molecular flexibility index (Phi) is 5.21. The summed E-state index contributed by atoms with van der Waals surface area (Å²) in [5.74, 6) is -2.66. The molecule has 1 aromatic rings. The highest BCUT2D eigenvalue weighted by molar-refractivity contribution is 6.55. The monoisotopic (exact) mass is 384 g/mol. The van der Waals surface area contributed by atoms with Crippen LogP contribution in [0.2, 0.25) is 0 Å². The Morgan fingerprint density at radius 1 is 1.33 bits per heavy atom. The van der Waals surface area contributed by atoms with Gasteiger partial charge in [0.25, 0.3) is 0 Å². The van der Waals surface area contributed by atoms with E-state index in [-0.39, 0.29) is 10.4 Å². The zero-order chi connectivity index (χ0) is 18.3. The fraction of sp³-hybridized carbons (Fsp3) is 0.438. The van der Waals surface area contributed by atoms with Crippen molar-refractivity contribution in [1.82, 2.24) is 0 Å². The van der Waals surface area contributed by atoms with Crippen LogP contribution >= 0.6 is 23.2 Å². The molecular weight excluding hydrogens is 371 g/mol. The van der Waals surface area contributed by atoms with Gasteiger partial charge in [-0.2, -0.15) is 13.2 Å². The third-order valence-electron chi connectivity index (χ3n) is 4.25. The molecule has 0 bridgehead atoms. The third kappa shape index (κ3) is 3.86. The lowest BCUT2D eigenvalue weighted by Crippen LogP contribution is -2.15. The second-order valence-electron chi connectivity index (χ2n) is 6.15. The summed E-state index contributed by atoms with van der Waals surface area (Å²) >= 11 is 11.1. The largest absolute Gasteiger partial charge is 0.460 e. The molecule has 1 aromatic carbocycles. The summed E-state index contributed by atoms with van der Waals surface area (Å²) in [5, 5.41) is 0. The highest BCUT2D eigenvalue weighted by Crippen LogP contribution is 2.60. The van der Waals surface area contributed by atoms with Gasteiger partial charge < -0.3 is 4.74 Å². The van der Waals surface area contributed by atoms with E-state index in [1.165, 1.54) is 6.08 Å². The Bertz CT molecular complexity index is 679. The summed E-state index contributed by atoms with van der Waals surface area (Å²) in [6.07, 6.45) is -3.25. The van der Waals surface area contributed by atoms with Gasteiger partial charge in [0, 0.05) is 5.56 Å². The van der Waals surface area contributed by atoms with Gasteiger partial charge in [-0.25, -0.2) is 4.39 Å². The number of hydrogen-bond acceptors (Lipinski definition) is 2. The first kappa shape index (κ1) is 19.1. The second-order valence-corrected chi connectivity index (χ2v) is 7.16. The minimum Gasteiger partial charge on any atom is -0.460 e. The number of benzene rings is 1. The fourth-order valence-electron chi connectivity index (χ4n) is 2.78. The van der Waals surface area contributed by atoms with Gasteiger partial charge in [0.1, 0.15) is 16.9 Å². The van der Waals surface area contributed by atoms with Crippen LogP contribution in [0, 0.1) is 23.1 Å². The summed E-state index contributed by atoms with van der Waals surface area (Å²) < 4.78 is 57.4. The van der Waals surface area contributed by atoms with Crippen LogP contribution in [0.4, 0.5) is 17.6 Å². The Labute approximate surface area is 146 Å². The molecule has 2 rings (SSSR count). The van der Waals surface area contributed by atoms with Crippen LogP contribution < -0.4 is 0 Å². The molecule has 0 spiro atoms. The lowest BCUT2D eigenvalue weighted by atomic mass is 10.1. The molecule has 0 aromatic heterocycles. The van der Waals surface area contributed by atoms with Crippen molar-refractivity contribution in [2.45, 2.75) is 26.6 Å². The average molecular weight is 385 g/mol. The molecule has 1 saturated carbocycles. The Morgan fingerprint density at radius 2 is 1.96 bits per heavy atom. The van der Waals surface area contributed by atoms with Crippen LogP contribution in [0.3, 0.4) is 0 Å². The van der Waals surface area contributed by atoms with Gasteiger partial charge in [-0.15, -0.1) is 0 Å². The molecule has 0 heterocycles. The molecule has 132 valence electrons. The summed E-state index contributed by atoms with van der Waals surface area (Å²) in [6.45, 7) is 2.76. The molecule has 24 heavy (non-hydrogen) atoms.